The molecule has 3 radical (unpaired) electrons. The summed E-state index contributed by atoms with van der Waals surface area (Å²) in [5.74, 6) is 0. The summed E-state index contributed by atoms with van der Waals surface area (Å²) in [7, 11) is 0. The summed E-state index contributed by atoms with van der Waals surface area (Å²) in [6.07, 6.45) is 13.8. The van der Waals surface area contributed by atoms with E-state index in [1.165, 1.54) is 44.9 Å². The third-order valence-corrected chi connectivity index (χ3v) is 2.07. The lowest BCUT2D eigenvalue weighted by atomic mass is 10.1. The van der Waals surface area contributed by atoms with Crippen molar-refractivity contribution < 1.29 is 0 Å². The minimum Gasteiger partial charge on any atom is -0.0533 e. The minimum atomic E-state index is 1.09. The zero-order valence-corrected chi connectivity index (χ0v) is 8.36. The Labute approximate surface area is 78.8 Å². The van der Waals surface area contributed by atoms with Gasteiger partial charge in [-0.15, -0.1) is 0 Å². The second-order valence-corrected chi connectivity index (χ2v) is 3.34. The molecule has 0 spiro atoms. The van der Waals surface area contributed by atoms with Crippen LogP contribution in [0.3, 0.4) is 0 Å². The fourth-order valence-corrected chi connectivity index (χ4v) is 1.25. The largest absolute Gasteiger partial charge is 0.0533 e. The van der Waals surface area contributed by atoms with Crippen molar-refractivity contribution in [3.05, 3.63) is 20.3 Å². The molecule has 0 saturated heterocycles. The highest BCUT2D eigenvalue weighted by Crippen LogP contribution is 2.08. The maximum absolute atomic E-state index is 3.83. The molecule has 0 rings (SSSR count). The smallest absolute Gasteiger partial charge is 0.0386 e. The van der Waals surface area contributed by atoms with Gasteiger partial charge in [-0.2, -0.15) is 0 Å². The molecule has 0 amide bonds. The molecular formula is C12H23. The van der Waals surface area contributed by atoms with E-state index in [4.69, 9.17) is 0 Å². The molecule has 0 atom stereocenters. The molecule has 0 aromatic carbocycles. The van der Waals surface area contributed by atoms with Gasteiger partial charge in [-0.25, -0.2) is 0 Å². The molecule has 12 heavy (non-hydrogen) atoms. The molecule has 0 aromatic heterocycles. The van der Waals surface area contributed by atoms with Crippen LogP contribution in [0.15, 0.2) is 0 Å². The molecule has 0 heteroatoms. The van der Waals surface area contributed by atoms with E-state index in [1.807, 2.05) is 0 Å². The molecule has 0 aliphatic heterocycles. The van der Waals surface area contributed by atoms with Crippen LogP contribution in [0.2, 0.25) is 0 Å². The van der Waals surface area contributed by atoms with E-state index in [0.29, 0.717) is 0 Å². The Kier molecular flexibility index (Phi) is 11.0. The first-order valence-electron chi connectivity index (χ1n) is 5.32. The molecule has 0 aliphatic carbocycles. The second-order valence-electron chi connectivity index (χ2n) is 3.34. The third-order valence-electron chi connectivity index (χ3n) is 2.07. The van der Waals surface area contributed by atoms with Crippen molar-refractivity contribution in [1.29, 1.82) is 0 Å². The number of unbranched alkanes of at least 4 members (excludes halogenated alkanes) is 9. The maximum Gasteiger partial charge on any atom is -0.0386 e. The van der Waals surface area contributed by atoms with Crippen LogP contribution in [-0.2, 0) is 0 Å². The van der Waals surface area contributed by atoms with Crippen LogP contribution in [0.5, 0.6) is 0 Å². The summed E-state index contributed by atoms with van der Waals surface area (Å²) >= 11 is 0. The Morgan fingerprint density at radius 3 is 1.75 bits per heavy atom. The van der Waals surface area contributed by atoms with Crippen LogP contribution in [0.25, 0.3) is 0 Å². The molecule has 71 valence electrons. The molecule has 0 fully saturated rings. The first kappa shape index (κ1) is 12.0. The third kappa shape index (κ3) is 10.0. The first-order chi connectivity index (χ1) is 5.91. The highest BCUT2D eigenvalue weighted by atomic mass is 14.0. The van der Waals surface area contributed by atoms with Gasteiger partial charge in [0, 0.05) is 0 Å². The molecule has 0 saturated carbocycles. The Morgan fingerprint density at radius 2 is 1.17 bits per heavy atom. The summed E-state index contributed by atoms with van der Waals surface area (Å²) in [5.41, 5.74) is 0. The molecule has 0 N–H and O–H groups in total. The first-order valence-corrected chi connectivity index (χ1v) is 5.32. The maximum atomic E-state index is 3.83. The van der Waals surface area contributed by atoms with Crippen molar-refractivity contribution in [3.8, 4) is 0 Å². The van der Waals surface area contributed by atoms with Gasteiger partial charge in [-0.1, -0.05) is 71.6 Å². The van der Waals surface area contributed by atoms with Crippen molar-refractivity contribution in [2.24, 2.45) is 0 Å². The van der Waals surface area contributed by atoms with E-state index in [9.17, 15) is 0 Å². The van der Waals surface area contributed by atoms with Crippen molar-refractivity contribution in [3.63, 3.8) is 0 Å². The van der Waals surface area contributed by atoms with Crippen LogP contribution in [0, 0.1) is 20.3 Å². The van der Waals surface area contributed by atoms with Gasteiger partial charge >= 0.3 is 0 Å². The summed E-state index contributed by atoms with van der Waals surface area (Å²) in [6.45, 7) is 7.65. The summed E-state index contributed by atoms with van der Waals surface area (Å²) in [5, 5.41) is 0. The van der Waals surface area contributed by atoms with Crippen LogP contribution >= 0.6 is 0 Å². The van der Waals surface area contributed by atoms with E-state index in [-0.39, 0.29) is 0 Å². The van der Waals surface area contributed by atoms with Crippen molar-refractivity contribution >= 4 is 0 Å². The van der Waals surface area contributed by atoms with Gasteiger partial charge in [-0.3, -0.25) is 0 Å². The van der Waals surface area contributed by atoms with Gasteiger partial charge in [0.05, 0.1) is 0 Å². The standard InChI is InChI=1S/C12H23/c1-3-5-7-9-11-12-10-8-6-4-2/h11H,1-10,12H2. The van der Waals surface area contributed by atoms with Crippen molar-refractivity contribution in [2.45, 2.75) is 57.8 Å². The van der Waals surface area contributed by atoms with E-state index in [1.54, 1.807) is 0 Å². The average Bonchev–Trinajstić information content (AvgIpc) is 2.10. The lowest BCUT2D eigenvalue weighted by Crippen LogP contribution is -1.81. The topological polar surface area (TPSA) is 0 Å². The highest BCUT2D eigenvalue weighted by Gasteiger charge is 1.90. The summed E-state index contributed by atoms with van der Waals surface area (Å²) in [4.78, 5) is 0. The SMILES string of the molecule is [CH2]CCCC[CH]CCCCC[CH2]. The number of hydrogen-bond acceptors (Lipinski definition) is 0. The lowest BCUT2D eigenvalue weighted by Gasteiger charge is -1.99. The summed E-state index contributed by atoms with van der Waals surface area (Å²) < 4.78 is 0. The monoisotopic (exact) mass is 167 g/mol. The van der Waals surface area contributed by atoms with E-state index >= 15 is 0 Å². The molecule has 0 aromatic rings. The zero-order valence-electron chi connectivity index (χ0n) is 8.36. The van der Waals surface area contributed by atoms with E-state index < -0.39 is 0 Å². The predicted molar refractivity (Wildman–Crippen MR) is 56.6 cm³/mol. The van der Waals surface area contributed by atoms with Gasteiger partial charge in [-0.05, 0) is 6.42 Å². The Morgan fingerprint density at radius 1 is 0.667 bits per heavy atom. The van der Waals surface area contributed by atoms with Gasteiger partial charge in [0.15, 0.2) is 0 Å². The van der Waals surface area contributed by atoms with Crippen molar-refractivity contribution in [1.82, 2.24) is 0 Å². The van der Waals surface area contributed by atoms with Gasteiger partial charge in [0.2, 0.25) is 0 Å². The number of hydrogen-bond donors (Lipinski definition) is 0. The normalized spacial score (nSPS) is 10.5. The van der Waals surface area contributed by atoms with Gasteiger partial charge < -0.3 is 0 Å². The van der Waals surface area contributed by atoms with Crippen LogP contribution < -0.4 is 0 Å². The zero-order chi connectivity index (χ0) is 9.07. The fraction of sp³-hybridized carbons (Fsp3) is 0.750. The Bertz CT molecular complexity index is 56.4. The highest BCUT2D eigenvalue weighted by molar-refractivity contribution is 4.64. The Balaban J connectivity index is 2.73. The molecule has 0 aliphatic rings. The Hall–Kier alpha value is 0. The molecule has 0 nitrogen and oxygen atoms in total. The molecular weight excluding hydrogens is 144 g/mol. The molecule has 0 heterocycles. The lowest BCUT2D eigenvalue weighted by molar-refractivity contribution is 0.648. The average molecular weight is 167 g/mol. The van der Waals surface area contributed by atoms with E-state index in [2.05, 4.69) is 20.3 Å². The van der Waals surface area contributed by atoms with Crippen LogP contribution in [0.4, 0.5) is 0 Å². The van der Waals surface area contributed by atoms with E-state index in [0.717, 1.165) is 12.8 Å². The van der Waals surface area contributed by atoms with Crippen molar-refractivity contribution in [2.75, 3.05) is 0 Å². The quantitative estimate of drug-likeness (QED) is 0.447. The van der Waals surface area contributed by atoms with Crippen LogP contribution in [0.1, 0.15) is 57.8 Å². The van der Waals surface area contributed by atoms with Crippen LogP contribution in [-0.4, -0.2) is 0 Å². The minimum absolute atomic E-state index is 1.09. The molecule has 0 unspecified atom stereocenters. The van der Waals surface area contributed by atoms with Gasteiger partial charge in [0.25, 0.3) is 0 Å². The molecule has 0 bridgehead atoms. The predicted octanol–water partition coefficient (Wildman–Crippen LogP) is 4.37. The summed E-state index contributed by atoms with van der Waals surface area (Å²) in [6, 6.07) is 0. The number of rotatable bonds is 9. The fourth-order valence-electron chi connectivity index (χ4n) is 1.25. The van der Waals surface area contributed by atoms with Gasteiger partial charge in [0.1, 0.15) is 0 Å². The second kappa shape index (κ2) is 11.0.